The fraction of sp³-hybridized carbons (Fsp3) is 0.286. The molecule has 0 unspecified atom stereocenters. The predicted octanol–water partition coefficient (Wildman–Crippen LogP) is 2.85. The standard InChI is InChI=1S/C21H22N2O4/c1-23(14-15-7-4-3-5-8-15)20(26)21(11-12-21)19(25)22-17-10-6-9-16(13-17)18(24)27-2/h3-10,13H,11-12,14H2,1-2H3,(H,22,25). The van der Waals surface area contributed by atoms with Crippen LogP contribution >= 0.6 is 0 Å². The van der Waals surface area contributed by atoms with Crippen LogP contribution in [0.25, 0.3) is 0 Å². The predicted molar refractivity (Wildman–Crippen MR) is 101 cm³/mol. The largest absolute Gasteiger partial charge is 0.465 e. The van der Waals surface area contributed by atoms with E-state index >= 15 is 0 Å². The first kappa shape index (κ1) is 18.6. The third-order valence-electron chi connectivity index (χ3n) is 4.74. The minimum absolute atomic E-state index is 0.187. The lowest BCUT2D eigenvalue weighted by Crippen LogP contribution is -2.40. The molecule has 0 aromatic heterocycles. The van der Waals surface area contributed by atoms with Crippen LogP contribution in [0.1, 0.15) is 28.8 Å². The third kappa shape index (κ3) is 4.00. The van der Waals surface area contributed by atoms with Crippen molar-refractivity contribution in [3.63, 3.8) is 0 Å². The molecule has 3 rings (SSSR count). The number of nitrogens with one attached hydrogen (secondary N) is 1. The second kappa shape index (κ2) is 7.61. The molecule has 1 aliphatic rings. The van der Waals surface area contributed by atoms with E-state index in [1.165, 1.54) is 13.2 Å². The first-order valence-electron chi connectivity index (χ1n) is 8.75. The summed E-state index contributed by atoms with van der Waals surface area (Å²) in [6, 6.07) is 16.1. The summed E-state index contributed by atoms with van der Waals surface area (Å²) in [5.41, 5.74) is 0.792. The van der Waals surface area contributed by atoms with E-state index < -0.39 is 11.4 Å². The molecule has 0 radical (unpaired) electrons. The van der Waals surface area contributed by atoms with Gasteiger partial charge in [0.2, 0.25) is 11.8 Å². The monoisotopic (exact) mass is 366 g/mol. The molecule has 27 heavy (non-hydrogen) atoms. The van der Waals surface area contributed by atoms with Crippen LogP contribution in [0.2, 0.25) is 0 Å². The van der Waals surface area contributed by atoms with Gasteiger partial charge in [-0.05, 0) is 36.6 Å². The highest BCUT2D eigenvalue weighted by Crippen LogP contribution is 2.48. The maximum absolute atomic E-state index is 12.9. The van der Waals surface area contributed by atoms with Crippen molar-refractivity contribution in [2.45, 2.75) is 19.4 Å². The van der Waals surface area contributed by atoms with Crippen LogP contribution in [0.5, 0.6) is 0 Å². The molecule has 2 aromatic carbocycles. The fourth-order valence-electron chi connectivity index (χ4n) is 3.05. The lowest BCUT2D eigenvalue weighted by atomic mass is 10.0. The Morgan fingerprint density at radius 3 is 2.41 bits per heavy atom. The summed E-state index contributed by atoms with van der Waals surface area (Å²) in [7, 11) is 3.01. The SMILES string of the molecule is COC(=O)c1cccc(NC(=O)C2(C(=O)N(C)Cc3ccccc3)CC2)c1. The molecular formula is C21H22N2O4. The van der Waals surface area contributed by atoms with Gasteiger partial charge < -0.3 is 15.0 Å². The molecule has 0 aliphatic heterocycles. The average molecular weight is 366 g/mol. The molecule has 140 valence electrons. The van der Waals surface area contributed by atoms with Gasteiger partial charge in [0.1, 0.15) is 5.41 Å². The van der Waals surface area contributed by atoms with Crippen molar-refractivity contribution in [1.82, 2.24) is 4.90 Å². The van der Waals surface area contributed by atoms with E-state index in [0.29, 0.717) is 30.6 Å². The highest BCUT2D eigenvalue weighted by Gasteiger charge is 2.57. The van der Waals surface area contributed by atoms with E-state index in [1.54, 1.807) is 30.1 Å². The first-order chi connectivity index (χ1) is 13.0. The van der Waals surface area contributed by atoms with Crippen LogP contribution in [0.3, 0.4) is 0 Å². The Kier molecular flexibility index (Phi) is 5.26. The summed E-state index contributed by atoms with van der Waals surface area (Å²) in [4.78, 5) is 38.9. The molecule has 6 heteroatoms. The maximum atomic E-state index is 12.9. The Morgan fingerprint density at radius 1 is 1.07 bits per heavy atom. The van der Waals surface area contributed by atoms with Gasteiger partial charge in [-0.15, -0.1) is 0 Å². The van der Waals surface area contributed by atoms with Crippen molar-refractivity contribution in [3.05, 3.63) is 65.7 Å². The zero-order valence-corrected chi connectivity index (χ0v) is 15.4. The Bertz CT molecular complexity index is 859. The number of carbonyl (C=O) groups is 3. The molecular weight excluding hydrogens is 344 g/mol. The lowest BCUT2D eigenvalue weighted by molar-refractivity contribution is -0.141. The van der Waals surface area contributed by atoms with Gasteiger partial charge in [0.25, 0.3) is 0 Å². The van der Waals surface area contributed by atoms with E-state index in [-0.39, 0.29) is 11.8 Å². The minimum atomic E-state index is -1.02. The van der Waals surface area contributed by atoms with Crippen LogP contribution in [-0.2, 0) is 20.9 Å². The van der Waals surface area contributed by atoms with Crippen molar-refractivity contribution in [2.24, 2.45) is 5.41 Å². The summed E-state index contributed by atoms with van der Waals surface area (Å²) in [6.45, 7) is 0.451. The zero-order valence-electron chi connectivity index (χ0n) is 15.4. The van der Waals surface area contributed by atoms with E-state index in [0.717, 1.165) is 5.56 Å². The molecule has 1 N–H and O–H groups in total. The topological polar surface area (TPSA) is 75.7 Å². The molecule has 2 amide bonds. The number of esters is 1. The van der Waals surface area contributed by atoms with Crippen LogP contribution in [0, 0.1) is 5.41 Å². The van der Waals surface area contributed by atoms with E-state index in [4.69, 9.17) is 0 Å². The van der Waals surface area contributed by atoms with Gasteiger partial charge in [-0.1, -0.05) is 36.4 Å². The van der Waals surface area contributed by atoms with Gasteiger partial charge in [0.15, 0.2) is 0 Å². The molecule has 0 bridgehead atoms. The van der Waals surface area contributed by atoms with Crippen LogP contribution in [0.4, 0.5) is 5.69 Å². The van der Waals surface area contributed by atoms with Gasteiger partial charge in [0, 0.05) is 19.3 Å². The van der Waals surface area contributed by atoms with Crippen molar-refractivity contribution < 1.29 is 19.1 Å². The van der Waals surface area contributed by atoms with E-state index in [2.05, 4.69) is 10.1 Å². The molecule has 0 atom stereocenters. The first-order valence-corrected chi connectivity index (χ1v) is 8.75. The Hall–Kier alpha value is -3.15. The molecule has 1 aliphatic carbocycles. The normalized spacial score (nSPS) is 14.1. The van der Waals surface area contributed by atoms with Gasteiger partial charge in [-0.25, -0.2) is 4.79 Å². The summed E-state index contributed by atoms with van der Waals surface area (Å²) >= 11 is 0. The quantitative estimate of drug-likeness (QED) is 0.630. The summed E-state index contributed by atoms with van der Waals surface area (Å²) in [5, 5.41) is 2.77. The van der Waals surface area contributed by atoms with Crippen molar-refractivity contribution >= 4 is 23.5 Å². The van der Waals surface area contributed by atoms with Crippen LogP contribution < -0.4 is 5.32 Å². The number of amides is 2. The van der Waals surface area contributed by atoms with Crippen molar-refractivity contribution in [3.8, 4) is 0 Å². The molecule has 1 saturated carbocycles. The number of nitrogens with zero attached hydrogens (tertiary/aromatic N) is 1. The van der Waals surface area contributed by atoms with Gasteiger partial charge >= 0.3 is 5.97 Å². The maximum Gasteiger partial charge on any atom is 0.337 e. The van der Waals surface area contributed by atoms with Crippen molar-refractivity contribution in [2.75, 3.05) is 19.5 Å². The second-order valence-electron chi connectivity index (χ2n) is 6.76. The Labute approximate surface area is 158 Å². The number of ether oxygens (including phenoxy) is 1. The van der Waals surface area contributed by atoms with Crippen LogP contribution in [-0.4, -0.2) is 36.8 Å². The number of carbonyl (C=O) groups excluding carboxylic acids is 3. The average Bonchev–Trinajstić information content (AvgIpc) is 3.49. The van der Waals surface area contributed by atoms with Gasteiger partial charge in [-0.2, -0.15) is 0 Å². The number of rotatable bonds is 6. The molecule has 0 heterocycles. The van der Waals surface area contributed by atoms with Gasteiger partial charge in [-0.3, -0.25) is 9.59 Å². The number of anilines is 1. The Morgan fingerprint density at radius 2 is 1.78 bits per heavy atom. The third-order valence-corrected chi connectivity index (χ3v) is 4.74. The fourth-order valence-corrected chi connectivity index (χ4v) is 3.05. The van der Waals surface area contributed by atoms with Crippen LogP contribution in [0.15, 0.2) is 54.6 Å². The smallest absolute Gasteiger partial charge is 0.337 e. The summed E-state index contributed by atoms with van der Waals surface area (Å²) in [5.74, 6) is -1.01. The summed E-state index contributed by atoms with van der Waals surface area (Å²) in [6.07, 6.45) is 1.04. The van der Waals surface area contributed by atoms with E-state index in [9.17, 15) is 14.4 Å². The number of benzene rings is 2. The molecule has 0 spiro atoms. The van der Waals surface area contributed by atoms with E-state index in [1.807, 2.05) is 30.3 Å². The minimum Gasteiger partial charge on any atom is -0.465 e. The molecule has 6 nitrogen and oxygen atoms in total. The zero-order chi connectivity index (χ0) is 19.4. The molecule has 2 aromatic rings. The number of hydrogen-bond acceptors (Lipinski definition) is 4. The molecule has 0 saturated heterocycles. The van der Waals surface area contributed by atoms with Crippen molar-refractivity contribution in [1.29, 1.82) is 0 Å². The summed E-state index contributed by atoms with van der Waals surface area (Å²) < 4.78 is 4.69. The number of hydrogen-bond donors (Lipinski definition) is 1. The number of methoxy groups -OCH3 is 1. The lowest BCUT2D eigenvalue weighted by Gasteiger charge is -2.23. The highest BCUT2D eigenvalue weighted by atomic mass is 16.5. The Balaban J connectivity index is 1.69. The van der Waals surface area contributed by atoms with Gasteiger partial charge in [0.05, 0.1) is 12.7 Å². The highest BCUT2D eigenvalue weighted by molar-refractivity contribution is 6.13. The molecule has 1 fully saturated rings. The second-order valence-corrected chi connectivity index (χ2v) is 6.76.